The summed E-state index contributed by atoms with van der Waals surface area (Å²) in [5, 5.41) is 3.23. The van der Waals surface area contributed by atoms with Crippen LogP contribution in [0.2, 0.25) is 0 Å². The smallest absolute Gasteiger partial charge is 0.416 e. The zero-order valence-corrected chi connectivity index (χ0v) is 22.4. The number of ether oxygens (including phenoxy) is 1. The molecule has 2 fully saturated rings. The number of rotatable bonds is 8. The molecule has 2 aliphatic rings. The predicted octanol–water partition coefficient (Wildman–Crippen LogP) is 7.08. The first-order chi connectivity index (χ1) is 18.5. The summed E-state index contributed by atoms with van der Waals surface area (Å²) in [5.41, 5.74) is -1.73. The molecule has 0 aromatic heterocycles. The van der Waals surface area contributed by atoms with Crippen LogP contribution in [0.25, 0.3) is 0 Å². The standard InChI is InChI=1S/C29H37F6N3O/c1-20(21-16-22(28(30,31)32)18-23(17-21)29(33,34)35)36-19-26(25-10-6-7-11-27(25)39-2)38-14-12-37(13-15-38)24-8-4-3-5-9-24/h6-7,10-11,16-18,20,24,26,36H,3-5,8-9,12-15,19H2,1-2H3. The SMILES string of the molecule is COc1ccccc1C(CNC(C)c1cc(C(F)(F)F)cc(C(F)(F)F)c1)N1CCN(C2CCCCC2)CC1. The third-order valence-corrected chi connectivity index (χ3v) is 8.11. The zero-order valence-electron chi connectivity index (χ0n) is 22.4. The Kier molecular flexibility index (Phi) is 9.49. The molecular formula is C29H37F6N3O. The van der Waals surface area contributed by atoms with Crippen LogP contribution in [0.4, 0.5) is 26.3 Å². The molecule has 1 heterocycles. The van der Waals surface area contributed by atoms with E-state index in [1.807, 2.05) is 24.3 Å². The molecule has 10 heteroatoms. The van der Waals surface area contributed by atoms with Crippen molar-refractivity contribution in [2.24, 2.45) is 0 Å². The number of alkyl halides is 6. The van der Waals surface area contributed by atoms with E-state index < -0.39 is 29.5 Å². The van der Waals surface area contributed by atoms with E-state index in [1.54, 1.807) is 14.0 Å². The van der Waals surface area contributed by atoms with Gasteiger partial charge >= 0.3 is 12.4 Å². The van der Waals surface area contributed by atoms with Gasteiger partial charge in [0, 0.05) is 50.4 Å². The number of methoxy groups -OCH3 is 1. The Balaban J connectivity index is 1.53. The number of halogens is 6. The van der Waals surface area contributed by atoms with E-state index in [0.717, 1.165) is 43.9 Å². The van der Waals surface area contributed by atoms with E-state index in [-0.39, 0.29) is 17.7 Å². The summed E-state index contributed by atoms with van der Waals surface area (Å²) in [6, 6.07) is 9.10. The largest absolute Gasteiger partial charge is 0.496 e. The Labute approximate surface area is 226 Å². The van der Waals surface area contributed by atoms with Gasteiger partial charge in [0.25, 0.3) is 0 Å². The van der Waals surface area contributed by atoms with E-state index in [9.17, 15) is 26.3 Å². The lowest BCUT2D eigenvalue weighted by molar-refractivity contribution is -0.143. The molecule has 2 unspecified atom stereocenters. The van der Waals surface area contributed by atoms with Crippen molar-refractivity contribution < 1.29 is 31.1 Å². The molecule has 4 nitrogen and oxygen atoms in total. The summed E-state index contributed by atoms with van der Waals surface area (Å²) < 4.78 is 86.1. The van der Waals surface area contributed by atoms with Crippen molar-refractivity contribution in [1.82, 2.24) is 15.1 Å². The second-order valence-electron chi connectivity index (χ2n) is 10.6. The number of nitrogens with zero attached hydrogens (tertiary/aromatic N) is 2. The molecule has 1 saturated heterocycles. The van der Waals surface area contributed by atoms with Crippen molar-refractivity contribution in [3.63, 3.8) is 0 Å². The molecule has 0 amide bonds. The topological polar surface area (TPSA) is 27.7 Å². The van der Waals surface area contributed by atoms with Crippen LogP contribution in [-0.2, 0) is 12.4 Å². The monoisotopic (exact) mass is 557 g/mol. The van der Waals surface area contributed by atoms with E-state index in [0.29, 0.717) is 18.3 Å². The molecular weight excluding hydrogens is 520 g/mol. The quantitative estimate of drug-likeness (QED) is 0.351. The highest BCUT2D eigenvalue weighted by molar-refractivity contribution is 5.37. The van der Waals surface area contributed by atoms with Crippen molar-refractivity contribution in [3.05, 3.63) is 64.7 Å². The summed E-state index contributed by atoms with van der Waals surface area (Å²) in [5.74, 6) is 0.699. The maximum atomic E-state index is 13.4. The molecule has 216 valence electrons. The van der Waals surface area contributed by atoms with Crippen molar-refractivity contribution in [2.45, 2.75) is 69.5 Å². The lowest BCUT2D eigenvalue weighted by atomic mass is 9.93. The molecule has 0 bridgehead atoms. The number of hydrogen-bond acceptors (Lipinski definition) is 4. The van der Waals surface area contributed by atoms with Crippen LogP contribution < -0.4 is 10.1 Å². The van der Waals surface area contributed by atoms with Crippen LogP contribution in [0.1, 0.15) is 73.4 Å². The van der Waals surface area contributed by atoms with Crippen molar-refractivity contribution >= 4 is 0 Å². The first-order valence-corrected chi connectivity index (χ1v) is 13.6. The number of piperazine rings is 1. The van der Waals surface area contributed by atoms with Gasteiger partial charge < -0.3 is 10.1 Å². The molecule has 39 heavy (non-hydrogen) atoms. The van der Waals surface area contributed by atoms with Gasteiger partial charge in [0.05, 0.1) is 24.3 Å². The zero-order chi connectivity index (χ0) is 28.2. The Morgan fingerprint density at radius 3 is 2.03 bits per heavy atom. The number of hydrogen-bond donors (Lipinski definition) is 1. The van der Waals surface area contributed by atoms with Crippen molar-refractivity contribution in [3.8, 4) is 5.75 Å². The lowest BCUT2D eigenvalue weighted by Gasteiger charge is -2.44. The Hall–Kier alpha value is -2.30. The molecule has 1 saturated carbocycles. The molecule has 2 aromatic rings. The average molecular weight is 558 g/mol. The van der Waals surface area contributed by atoms with E-state index in [4.69, 9.17) is 4.74 Å². The molecule has 1 aliphatic carbocycles. The minimum Gasteiger partial charge on any atom is -0.496 e. The van der Waals surface area contributed by atoms with Gasteiger partial charge in [-0.25, -0.2) is 0 Å². The summed E-state index contributed by atoms with van der Waals surface area (Å²) in [6.45, 7) is 5.41. The molecule has 0 radical (unpaired) electrons. The summed E-state index contributed by atoms with van der Waals surface area (Å²) in [4.78, 5) is 4.90. The highest BCUT2D eigenvalue weighted by Gasteiger charge is 2.37. The van der Waals surface area contributed by atoms with Crippen LogP contribution in [0.15, 0.2) is 42.5 Å². The summed E-state index contributed by atoms with van der Waals surface area (Å²) in [7, 11) is 1.59. The number of benzene rings is 2. The minimum absolute atomic E-state index is 0.0574. The fourth-order valence-corrected chi connectivity index (χ4v) is 5.87. The van der Waals surface area contributed by atoms with Crippen molar-refractivity contribution in [1.29, 1.82) is 0 Å². The van der Waals surface area contributed by atoms with Crippen LogP contribution in [0.3, 0.4) is 0 Å². The van der Waals surface area contributed by atoms with Gasteiger partial charge in [-0.05, 0) is 49.6 Å². The van der Waals surface area contributed by atoms with Gasteiger partial charge in [-0.2, -0.15) is 26.3 Å². The Bertz CT molecular complexity index is 1040. The van der Waals surface area contributed by atoms with Gasteiger partial charge in [-0.15, -0.1) is 0 Å². The first-order valence-electron chi connectivity index (χ1n) is 13.6. The molecule has 1 aliphatic heterocycles. The maximum absolute atomic E-state index is 13.4. The lowest BCUT2D eigenvalue weighted by Crippen LogP contribution is -2.52. The van der Waals surface area contributed by atoms with E-state index in [2.05, 4.69) is 15.1 Å². The van der Waals surface area contributed by atoms with Gasteiger partial charge in [0.15, 0.2) is 0 Å². The molecule has 2 atom stereocenters. The fraction of sp³-hybridized carbons (Fsp3) is 0.586. The highest BCUT2D eigenvalue weighted by Crippen LogP contribution is 2.38. The Morgan fingerprint density at radius 2 is 1.46 bits per heavy atom. The minimum atomic E-state index is -4.88. The van der Waals surface area contributed by atoms with E-state index >= 15 is 0 Å². The van der Waals surface area contributed by atoms with Crippen molar-refractivity contribution in [2.75, 3.05) is 39.8 Å². The number of nitrogens with one attached hydrogen (secondary N) is 1. The molecule has 0 spiro atoms. The number of para-hydroxylation sites is 1. The van der Waals surface area contributed by atoms with Gasteiger partial charge in [0.1, 0.15) is 5.75 Å². The van der Waals surface area contributed by atoms with Crippen LogP contribution in [0.5, 0.6) is 5.75 Å². The summed E-state index contributed by atoms with van der Waals surface area (Å²) in [6.07, 6.45) is -3.48. The van der Waals surface area contributed by atoms with Gasteiger partial charge in [-0.3, -0.25) is 9.80 Å². The van der Waals surface area contributed by atoms with Crippen LogP contribution >= 0.6 is 0 Å². The fourth-order valence-electron chi connectivity index (χ4n) is 5.87. The van der Waals surface area contributed by atoms with Gasteiger partial charge in [-0.1, -0.05) is 37.5 Å². The van der Waals surface area contributed by atoms with Crippen LogP contribution in [-0.4, -0.2) is 55.7 Å². The average Bonchev–Trinajstić information content (AvgIpc) is 2.93. The third kappa shape index (κ3) is 7.46. The third-order valence-electron chi connectivity index (χ3n) is 8.11. The Morgan fingerprint density at radius 1 is 0.872 bits per heavy atom. The first kappa shape index (κ1) is 29.7. The van der Waals surface area contributed by atoms with Gasteiger partial charge in [0.2, 0.25) is 0 Å². The summed E-state index contributed by atoms with van der Waals surface area (Å²) >= 11 is 0. The second kappa shape index (κ2) is 12.5. The second-order valence-corrected chi connectivity index (χ2v) is 10.6. The van der Waals surface area contributed by atoms with Crippen LogP contribution in [0, 0.1) is 0 Å². The normalized spacial score (nSPS) is 20.1. The maximum Gasteiger partial charge on any atom is 0.416 e. The van der Waals surface area contributed by atoms with E-state index in [1.165, 1.54) is 32.1 Å². The molecule has 4 rings (SSSR count). The predicted molar refractivity (Wildman–Crippen MR) is 139 cm³/mol. The molecule has 2 aromatic carbocycles. The highest BCUT2D eigenvalue weighted by atomic mass is 19.4. The molecule has 1 N–H and O–H groups in total.